The Morgan fingerprint density at radius 1 is 1.15 bits per heavy atom. The maximum atomic E-state index is 13.0. The lowest BCUT2D eigenvalue weighted by atomic mass is 10.1. The fraction of sp³-hybridized carbons (Fsp3) is 0.250. The van der Waals surface area contributed by atoms with E-state index in [1.807, 2.05) is 0 Å². The highest BCUT2D eigenvalue weighted by Gasteiger charge is 2.21. The number of hydrogen-bond acceptors (Lipinski definition) is 8. The molecule has 172 valence electrons. The van der Waals surface area contributed by atoms with Crippen LogP contribution in [0.3, 0.4) is 0 Å². The summed E-state index contributed by atoms with van der Waals surface area (Å²) in [4.78, 5) is 16.9. The second-order valence-electron chi connectivity index (χ2n) is 6.75. The van der Waals surface area contributed by atoms with Gasteiger partial charge in [0.05, 0.1) is 24.3 Å². The molecule has 1 heterocycles. The first kappa shape index (κ1) is 23.9. The Kier molecular flexibility index (Phi) is 7.74. The average molecular weight is 469 g/mol. The second kappa shape index (κ2) is 10.7. The van der Waals surface area contributed by atoms with Crippen LogP contribution in [-0.2, 0) is 14.6 Å². The van der Waals surface area contributed by atoms with Crippen molar-refractivity contribution < 1.29 is 27.4 Å². The summed E-state index contributed by atoms with van der Waals surface area (Å²) >= 11 is 0. The van der Waals surface area contributed by atoms with Crippen LogP contribution in [0.1, 0.15) is 24.2 Å². The number of sulfone groups is 1. The van der Waals surface area contributed by atoms with Crippen molar-refractivity contribution in [3.05, 3.63) is 54.2 Å². The van der Waals surface area contributed by atoms with Crippen LogP contribution in [0.5, 0.6) is 11.5 Å². The van der Waals surface area contributed by atoms with Gasteiger partial charge in [0.15, 0.2) is 9.84 Å². The van der Waals surface area contributed by atoms with Crippen LogP contribution in [0.25, 0.3) is 10.9 Å². The molecule has 1 N–H and O–H groups in total. The molecule has 1 aromatic heterocycles. The molecule has 0 spiro atoms. The number of aromatic nitrogens is 1. The normalized spacial score (nSPS) is 10.8. The minimum Gasteiger partial charge on any atom is -0.494 e. The fourth-order valence-corrected chi connectivity index (χ4v) is 4.15. The monoisotopic (exact) mass is 468 g/mol. The zero-order chi connectivity index (χ0) is 23.8. The van der Waals surface area contributed by atoms with E-state index in [0.717, 1.165) is 0 Å². The molecular formula is C24H24N2O6S. The minimum atomic E-state index is -3.74. The summed E-state index contributed by atoms with van der Waals surface area (Å²) in [6.45, 7) is 3.79. The van der Waals surface area contributed by atoms with Gasteiger partial charge in [0.2, 0.25) is 0 Å². The first-order valence-electron chi connectivity index (χ1n) is 10.1. The maximum absolute atomic E-state index is 13.0. The molecular weight excluding hydrogens is 444 g/mol. The van der Waals surface area contributed by atoms with Gasteiger partial charge in [-0.25, -0.2) is 13.2 Å². The third-order valence-corrected chi connectivity index (χ3v) is 6.20. The van der Waals surface area contributed by atoms with E-state index < -0.39 is 21.7 Å². The number of esters is 1. The number of fused-ring (bicyclic) bond motifs is 1. The van der Waals surface area contributed by atoms with Gasteiger partial charge in [-0.15, -0.1) is 5.92 Å². The van der Waals surface area contributed by atoms with E-state index in [9.17, 15) is 13.2 Å². The third-order valence-electron chi connectivity index (χ3n) is 4.69. The quantitative estimate of drug-likeness (QED) is 0.375. The molecule has 0 unspecified atom stereocenters. The number of benzene rings is 2. The van der Waals surface area contributed by atoms with Gasteiger partial charge in [-0.2, -0.15) is 0 Å². The van der Waals surface area contributed by atoms with Crippen LogP contribution in [0.15, 0.2) is 53.6 Å². The Morgan fingerprint density at radius 3 is 2.58 bits per heavy atom. The van der Waals surface area contributed by atoms with Crippen molar-refractivity contribution in [2.45, 2.75) is 18.7 Å². The number of hydrogen-bond donors (Lipinski definition) is 1. The van der Waals surface area contributed by atoms with Crippen LogP contribution in [0.2, 0.25) is 0 Å². The van der Waals surface area contributed by atoms with Crippen molar-refractivity contribution in [1.29, 1.82) is 0 Å². The summed E-state index contributed by atoms with van der Waals surface area (Å²) in [6, 6.07) is 11.3. The molecule has 8 nitrogen and oxygen atoms in total. The number of pyridine rings is 1. The number of rotatable bonds is 9. The Balaban J connectivity index is 1.92. The SMILES string of the molecule is CC#CCOc1ccc(S(=O)(=O)CNc2c(C(=O)OCC)cnc3c(OC)cccc23)cc1. The summed E-state index contributed by atoms with van der Waals surface area (Å²) in [5.74, 6) is 5.46. The van der Waals surface area contributed by atoms with E-state index in [2.05, 4.69) is 22.1 Å². The molecule has 0 radical (unpaired) electrons. The van der Waals surface area contributed by atoms with Crippen LogP contribution < -0.4 is 14.8 Å². The lowest BCUT2D eigenvalue weighted by Gasteiger charge is -2.15. The summed E-state index contributed by atoms with van der Waals surface area (Å²) < 4.78 is 41.8. The second-order valence-corrected chi connectivity index (χ2v) is 8.74. The maximum Gasteiger partial charge on any atom is 0.341 e. The van der Waals surface area contributed by atoms with Gasteiger partial charge in [-0.3, -0.25) is 4.98 Å². The molecule has 0 aliphatic carbocycles. The molecule has 0 aliphatic heterocycles. The highest BCUT2D eigenvalue weighted by molar-refractivity contribution is 7.91. The average Bonchev–Trinajstić information content (AvgIpc) is 2.82. The lowest BCUT2D eigenvalue weighted by molar-refractivity contribution is 0.0527. The zero-order valence-corrected chi connectivity index (χ0v) is 19.4. The Hall–Kier alpha value is -3.77. The minimum absolute atomic E-state index is 0.109. The number of para-hydroxylation sites is 1. The van der Waals surface area contributed by atoms with Gasteiger partial charge >= 0.3 is 5.97 Å². The molecule has 0 fully saturated rings. The lowest BCUT2D eigenvalue weighted by Crippen LogP contribution is -2.18. The third kappa shape index (κ3) is 5.54. The highest BCUT2D eigenvalue weighted by atomic mass is 32.2. The van der Waals surface area contributed by atoms with Gasteiger partial charge < -0.3 is 19.5 Å². The molecule has 0 aliphatic rings. The topological polar surface area (TPSA) is 104 Å². The number of carbonyl (C=O) groups excluding carboxylic acids is 1. The summed E-state index contributed by atoms with van der Waals surface area (Å²) in [7, 11) is -2.23. The summed E-state index contributed by atoms with van der Waals surface area (Å²) in [5.41, 5.74) is 0.928. The van der Waals surface area contributed by atoms with Gasteiger partial charge in [0.1, 0.15) is 35.1 Å². The van der Waals surface area contributed by atoms with Crippen molar-refractivity contribution in [3.8, 4) is 23.3 Å². The van der Waals surface area contributed by atoms with Gasteiger partial charge in [0.25, 0.3) is 0 Å². The first-order chi connectivity index (χ1) is 15.9. The number of carbonyl (C=O) groups is 1. The molecule has 0 saturated carbocycles. The molecule has 0 saturated heterocycles. The standard InChI is InChI=1S/C24H24N2O6S/c1-4-6-14-32-17-10-12-18(13-11-17)33(28,29)16-26-22-19-8-7-9-21(30-3)23(19)25-15-20(22)24(27)31-5-2/h7-13,15H,5,14,16H2,1-3H3,(H,25,26). The number of methoxy groups -OCH3 is 1. The molecule has 3 aromatic rings. The number of nitrogens with one attached hydrogen (secondary N) is 1. The fourth-order valence-electron chi connectivity index (χ4n) is 3.10. The van der Waals surface area contributed by atoms with Crippen molar-refractivity contribution in [2.24, 2.45) is 0 Å². The largest absolute Gasteiger partial charge is 0.494 e. The predicted octanol–water partition coefficient (Wildman–Crippen LogP) is 3.67. The van der Waals surface area contributed by atoms with E-state index >= 15 is 0 Å². The van der Waals surface area contributed by atoms with Gasteiger partial charge in [-0.05, 0) is 44.2 Å². The molecule has 2 aromatic carbocycles. The van der Waals surface area contributed by atoms with E-state index in [4.69, 9.17) is 14.2 Å². The smallest absolute Gasteiger partial charge is 0.341 e. The molecule has 3 rings (SSSR count). The molecule has 33 heavy (non-hydrogen) atoms. The Labute approximate surface area is 192 Å². The predicted molar refractivity (Wildman–Crippen MR) is 125 cm³/mol. The zero-order valence-electron chi connectivity index (χ0n) is 18.5. The molecule has 0 atom stereocenters. The molecule has 0 bridgehead atoms. The number of ether oxygens (including phenoxy) is 3. The van der Waals surface area contributed by atoms with E-state index in [1.165, 1.54) is 25.4 Å². The summed E-state index contributed by atoms with van der Waals surface area (Å²) in [5, 5.41) is 3.45. The molecule has 9 heteroatoms. The Bertz CT molecular complexity index is 1310. The van der Waals surface area contributed by atoms with Crippen molar-refractivity contribution in [2.75, 3.05) is 31.5 Å². The van der Waals surface area contributed by atoms with Crippen LogP contribution in [-0.4, -0.2) is 45.6 Å². The molecule has 0 amide bonds. The van der Waals surface area contributed by atoms with Crippen LogP contribution >= 0.6 is 0 Å². The van der Waals surface area contributed by atoms with Crippen molar-refractivity contribution >= 4 is 32.4 Å². The van der Waals surface area contributed by atoms with Gasteiger partial charge in [0, 0.05) is 11.6 Å². The van der Waals surface area contributed by atoms with Crippen LogP contribution in [0, 0.1) is 11.8 Å². The first-order valence-corrected chi connectivity index (χ1v) is 11.8. The highest BCUT2D eigenvalue weighted by Crippen LogP contribution is 2.32. The van der Waals surface area contributed by atoms with E-state index in [1.54, 1.807) is 44.2 Å². The van der Waals surface area contributed by atoms with E-state index in [-0.39, 0.29) is 23.7 Å². The van der Waals surface area contributed by atoms with Crippen molar-refractivity contribution in [1.82, 2.24) is 4.98 Å². The van der Waals surface area contributed by atoms with Crippen LogP contribution in [0.4, 0.5) is 5.69 Å². The van der Waals surface area contributed by atoms with Gasteiger partial charge in [-0.1, -0.05) is 18.1 Å². The number of nitrogens with zero attached hydrogens (tertiary/aromatic N) is 1. The van der Waals surface area contributed by atoms with E-state index in [0.29, 0.717) is 28.1 Å². The summed E-state index contributed by atoms with van der Waals surface area (Å²) in [6.07, 6.45) is 1.35. The Morgan fingerprint density at radius 2 is 1.91 bits per heavy atom. The number of anilines is 1. The van der Waals surface area contributed by atoms with Crippen molar-refractivity contribution in [3.63, 3.8) is 0 Å².